The van der Waals surface area contributed by atoms with E-state index in [1.807, 2.05) is 55.5 Å². The summed E-state index contributed by atoms with van der Waals surface area (Å²) < 4.78 is 22.4. The van der Waals surface area contributed by atoms with Crippen LogP contribution in [0.4, 0.5) is 11.4 Å². The minimum Gasteiger partial charge on any atom is -0.491 e. The van der Waals surface area contributed by atoms with Crippen molar-refractivity contribution in [3.63, 3.8) is 0 Å². The molecule has 1 unspecified atom stereocenters. The van der Waals surface area contributed by atoms with Crippen LogP contribution in [-0.2, 0) is 14.3 Å². The molecule has 1 aliphatic rings. The SMILES string of the molecule is CCOCCOc1ccccc1NCC(=O)Nc1cccc(OCC2CCCO2)c1. The molecule has 3 rings (SSSR count). The van der Waals surface area contributed by atoms with Gasteiger partial charge < -0.3 is 29.6 Å². The first-order valence-corrected chi connectivity index (χ1v) is 10.4. The highest BCUT2D eigenvalue weighted by Crippen LogP contribution is 2.24. The van der Waals surface area contributed by atoms with Crippen LogP contribution >= 0.6 is 0 Å². The highest BCUT2D eigenvalue weighted by atomic mass is 16.5. The van der Waals surface area contributed by atoms with Gasteiger partial charge in [0.05, 0.1) is 24.9 Å². The maximum atomic E-state index is 12.4. The summed E-state index contributed by atoms with van der Waals surface area (Å²) in [6.07, 6.45) is 2.26. The van der Waals surface area contributed by atoms with Gasteiger partial charge in [0.1, 0.15) is 24.7 Å². The van der Waals surface area contributed by atoms with Crippen molar-refractivity contribution in [2.24, 2.45) is 0 Å². The molecule has 1 amide bonds. The molecule has 1 heterocycles. The first kappa shape index (κ1) is 21.9. The Labute approximate surface area is 177 Å². The summed E-state index contributed by atoms with van der Waals surface area (Å²) in [4.78, 5) is 12.4. The molecule has 1 saturated heterocycles. The molecular weight excluding hydrogens is 384 g/mol. The molecule has 2 aromatic rings. The molecule has 0 spiro atoms. The van der Waals surface area contributed by atoms with E-state index in [1.54, 1.807) is 0 Å². The fourth-order valence-corrected chi connectivity index (χ4v) is 3.10. The number of carbonyl (C=O) groups is 1. The topological polar surface area (TPSA) is 78.1 Å². The van der Waals surface area contributed by atoms with Gasteiger partial charge in [0, 0.05) is 25.0 Å². The predicted octanol–water partition coefficient (Wildman–Crippen LogP) is 3.71. The second kappa shape index (κ2) is 12.0. The van der Waals surface area contributed by atoms with Gasteiger partial charge in [-0.1, -0.05) is 18.2 Å². The van der Waals surface area contributed by atoms with Crippen molar-refractivity contribution >= 4 is 17.3 Å². The van der Waals surface area contributed by atoms with Crippen molar-refractivity contribution in [2.45, 2.75) is 25.9 Å². The minimum atomic E-state index is -0.157. The Bertz CT molecular complexity index is 793. The Morgan fingerprint density at radius 3 is 2.87 bits per heavy atom. The monoisotopic (exact) mass is 414 g/mol. The molecule has 1 aliphatic heterocycles. The van der Waals surface area contributed by atoms with Crippen molar-refractivity contribution in [3.05, 3.63) is 48.5 Å². The summed E-state index contributed by atoms with van der Waals surface area (Å²) in [5.74, 6) is 1.24. The molecule has 0 aromatic heterocycles. The first-order valence-electron chi connectivity index (χ1n) is 10.4. The molecule has 30 heavy (non-hydrogen) atoms. The number of benzene rings is 2. The van der Waals surface area contributed by atoms with E-state index in [-0.39, 0.29) is 18.6 Å². The van der Waals surface area contributed by atoms with Gasteiger partial charge in [0.2, 0.25) is 5.91 Å². The van der Waals surface area contributed by atoms with E-state index in [4.69, 9.17) is 18.9 Å². The molecule has 0 saturated carbocycles. The van der Waals surface area contributed by atoms with Gasteiger partial charge in [0.15, 0.2) is 0 Å². The van der Waals surface area contributed by atoms with Gasteiger partial charge in [0.25, 0.3) is 0 Å². The Morgan fingerprint density at radius 1 is 1.13 bits per heavy atom. The van der Waals surface area contributed by atoms with Gasteiger partial charge in [-0.05, 0) is 44.0 Å². The maximum absolute atomic E-state index is 12.4. The van der Waals surface area contributed by atoms with E-state index < -0.39 is 0 Å². The molecule has 0 radical (unpaired) electrons. The minimum absolute atomic E-state index is 0.118. The third kappa shape index (κ3) is 7.24. The normalized spacial score (nSPS) is 15.6. The number of para-hydroxylation sites is 2. The van der Waals surface area contributed by atoms with Crippen LogP contribution in [0.2, 0.25) is 0 Å². The molecule has 2 aromatic carbocycles. The van der Waals surface area contributed by atoms with Gasteiger partial charge in [-0.15, -0.1) is 0 Å². The molecule has 7 heteroatoms. The summed E-state index contributed by atoms with van der Waals surface area (Å²) in [6, 6.07) is 14.9. The Balaban J connectivity index is 1.46. The lowest BCUT2D eigenvalue weighted by molar-refractivity contribution is -0.114. The predicted molar refractivity (Wildman–Crippen MR) is 116 cm³/mol. The highest BCUT2D eigenvalue weighted by molar-refractivity contribution is 5.94. The second-order valence-corrected chi connectivity index (χ2v) is 6.92. The fraction of sp³-hybridized carbons (Fsp3) is 0.435. The van der Waals surface area contributed by atoms with Crippen molar-refractivity contribution < 1.29 is 23.7 Å². The molecule has 7 nitrogen and oxygen atoms in total. The lowest BCUT2D eigenvalue weighted by atomic mass is 10.2. The van der Waals surface area contributed by atoms with E-state index >= 15 is 0 Å². The van der Waals surface area contributed by atoms with Crippen molar-refractivity contribution in [3.8, 4) is 11.5 Å². The molecular formula is C23H30N2O5. The van der Waals surface area contributed by atoms with Crippen LogP contribution in [0.3, 0.4) is 0 Å². The largest absolute Gasteiger partial charge is 0.491 e. The second-order valence-electron chi connectivity index (χ2n) is 6.92. The number of carbonyl (C=O) groups excluding carboxylic acids is 1. The van der Waals surface area contributed by atoms with Crippen LogP contribution in [0, 0.1) is 0 Å². The number of nitrogens with one attached hydrogen (secondary N) is 2. The average Bonchev–Trinajstić information content (AvgIpc) is 3.29. The lowest BCUT2D eigenvalue weighted by Crippen LogP contribution is -2.22. The number of hydrogen-bond acceptors (Lipinski definition) is 6. The molecule has 1 atom stereocenters. The van der Waals surface area contributed by atoms with Gasteiger partial charge in [-0.2, -0.15) is 0 Å². The van der Waals surface area contributed by atoms with Crippen molar-refractivity contribution in [1.82, 2.24) is 0 Å². The maximum Gasteiger partial charge on any atom is 0.243 e. The van der Waals surface area contributed by atoms with Crippen LogP contribution in [0.5, 0.6) is 11.5 Å². The quantitative estimate of drug-likeness (QED) is 0.516. The summed E-state index contributed by atoms with van der Waals surface area (Å²) in [6.45, 7) is 5.03. The molecule has 0 bridgehead atoms. The van der Waals surface area contributed by atoms with E-state index in [2.05, 4.69) is 10.6 Å². The van der Waals surface area contributed by atoms with Gasteiger partial charge in [-0.3, -0.25) is 4.79 Å². The Hall–Kier alpha value is -2.77. The molecule has 162 valence electrons. The molecule has 0 aliphatic carbocycles. The molecule has 2 N–H and O–H groups in total. The fourth-order valence-electron chi connectivity index (χ4n) is 3.10. The highest BCUT2D eigenvalue weighted by Gasteiger charge is 2.16. The van der Waals surface area contributed by atoms with Crippen LogP contribution in [-0.4, -0.2) is 51.6 Å². The van der Waals surface area contributed by atoms with E-state index in [0.29, 0.717) is 43.6 Å². The Morgan fingerprint density at radius 2 is 2.03 bits per heavy atom. The molecule has 1 fully saturated rings. The van der Waals surface area contributed by atoms with Crippen molar-refractivity contribution in [2.75, 3.05) is 50.2 Å². The third-order valence-corrected chi connectivity index (χ3v) is 4.59. The van der Waals surface area contributed by atoms with Gasteiger partial charge in [-0.25, -0.2) is 0 Å². The van der Waals surface area contributed by atoms with E-state index in [1.165, 1.54) is 0 Å². The van der Waals surface area contributed by atoms with Crippen LogP contribution in [0.25, 0.3) is 0 Å². The lowest BCUT2D eigenvalue weighted by Gasteiger charge is -2.14. The summed E-state index contributed by atoms with van der Waals surface area (Å²) in [7, 11) is 0. The van der Waals surface area contributed by atoms with Crippen LogP contribution in [0.1, 0.15) is 19.8 Å². The standard InChI is InChI=1S/C23H30N2O5/c1-2-27-13-14-29-22-11-4-3-10-21(22)24-16-23(26)25-18-7-5-8-19(15-18)30-17-20-9-6-12-28-20/h3-5,7-8,10-11,15,20,24H,2,6,9,12-14,16-17H2,1H3,(H,25,26). The summed E-state index contributed by atoms with van der Waals surface area (Å²) >= 11 is 0. The Kier molecular flexibility index (Phi) is 8.80. The zero-order chi connectivity index (χ0) is 21.0. The number of anilines is 2. The first-order chi connectivity index (χ1) is 14.7. The summed E-state index contributed by atoms with van der Waals surface area (Å²) in [5, 5.41) is 6.01. The average molecular weight is 415 g/mol. The summed E-state index contributed by atoms with van der Waals surface area (Å²) in [5.41, 5.74) is 1.45. The smallest absolute Gasteiger partial charge is 0.243 e. The number of amides is 1. The van der Waals surface area contributed by atoms with E-state index in [0.717, 1.165) is 25.1 Å². The zero-order valence-electron chi connectivity index (χ0n) is 17.4. The zero-order valence-corrected chi connectivity index (χ0v) is 17.4. The number of rotatable bonds is 12. The van der Waals surface area contributed by atoms with Crippen LogP contribution < -0.4 is 20.1 Å². The third-order valence-electron chi connectivity index (χ3n) is 4.59. The van der Waals surface area contributed by atoms with Crippen molar-refractivity contribution in [1.29, 1.82) is 0 Å². The number of hydrogen-bond donors (Lipinski definition) is 2. The number of ether oxygens (including phenoxy) is 4. The van der Waals surface area contributed by atoms with Gasteiger partial charge >= 0.3 is 0 Å². The van der Waals surface area contributed by atoms with Crippen LogP contribution in [0.15, 0.2) is 48.5 Å². The van der Waals surface area contributed by atoms with E-state index in [9.17, 15) is 4.79 Å².